The predicted octanol–water partition coefficient (Wildman–Crippen LogP) is 3.69. The Kier molecular flexibility index (Phi) is 4.07. The third kappa shape index (κ3) is 2.61. The number of nitrogens with zero attached hydrogens (tertiary/aromatic N) is 1. The van der Waals surface area contributed by atoms with Crippen molar-refractivity contribution in [2.45, 2.75) is 12.3 Å². The van der Waals surface area contributed by atoms with Crippen LogP contribution in [0.25, 0.3) is 0 Å². The van der Waals surface area contributed by atoms with Crippen LogP contribution in [-0.4, -0.2) is 13.6 Å². The van der Waals surface area contributed by atoms with Gasteiger partial charge in [-0.25, -0.2) is 0 Å². The quantitative estimate of drug-likeness (QED) is 0.751. The normalized spacial score (nSPS) is 10.2. The second-order valence-corrected chi connectivity index (χ2v) is 3.89. The maximum atomic E-state index is 6.07. The summed E-state index contributed by atoms with van der Waals surface area (Å²) in [6, 6.07) is 6.15. The van der Waals surface area contributed by atoms with Crippen molar-refractivity contribution in [1.29, 1.82) is 0 Å². The van der Waals surface area contributed by atoms with Crippen LogP contribution < -0.4 is 4.90 Å². The molecule has 0 fully saturated rings. The Hall–Kier alpha value is -0.210. The van der Waals surface area contributed by atoms with E-state index < -0.39 is 0 Å². The number of halogens is 2. The van der Waals surface area contributed by atoms with E-state index in [1.165, 1.54) is 0 Å². The average molecular weight is 263 g/mol. The number of rotatable bonds is 3. The van der Waals surface area contributed by atoms with Crippen LogP contribution in [0.15, 0.2) is 18.2 Å². The van der Waals surface area contributed by atoms with E-state index in [4.69, 9.17) is 11.6 Å². The molecule has 0 N–H and O–H groups in total. The van der Waals surface area contributed by atoms with Gasteiger partial charge in [0.25, 0.3) is 0 Å². The van der Waals surface area contributed by atoms with Gasteiger partial charge in [0.05, 0.1) is 0 Å². The molecule has 0 saturated carbocycles. The number of hydrogen-bond acceptors (Lipinski definition) is 1. The Labute approximate surface area is 92.8 Å². The topological polar surface area (TPSA) is 3.24 Å². The number of alkyl halides is 1. The van der Waals surface area contributed by atoms with E-state index in [0.717, 1.165) is 28.1 Å². The molecule has 0 spiro atoms. The zero-order valence-electron chi connectivity index (χ0n) is 7.85. The highest BCUT2D eigenvalue weighted by Gasteiger charge is 2.02. The fourth-order valence-corrected chi connectivity index (χ4v) is 1.96. The van der Waals surface area contributed by atoms with Crippen molar-refractivity contribution in [2.24, 2.45) is 0 Å². The van der Waals surface area contributed by atoms with Crippen molar-refractivity contribution in [3.63, 3.8) is 0 Å². The monoisotopic (exact) mass is 261 g/mol. The van der Waals surface area contributed by atoms with Crippen molar-refractivity contribution in [3.8, 4) is 0 Å². The van der Waals surface area contributed by atoms with Gasteiger partial charge in [0.15, 0.2) is 0 Å². The number of hydrogen-bond donors (Lipinski definition) is 0. The van der Waals surface area contributed by atoms with E-state index in [2.05, 4.69) is 46.9 Å². The van der Waals surface area contributed by atoms with Crippen LogP contribution in [0.3, 0.4) is 0 Å². The molecule has 1 aromatic carbocycles. The van der Waals surface area contributed by atoms with Gasteiger partial charge in [-0.2, -0.15) is 0 Å². The molecule has 1 rings (SSSR count). The van der Waals surface area contributed by atoms with Gasteiger partial charge in [-0.3, -0.25) is 0 Å². The molecule has 0 radical (unpaired) electrons. The first kappa shape index (κ1) is 10.9. The molecule has 1 aromatic rings. The van der Waals surface area contributed by atoms with Crippen molar-refractivity contribution < 1.29 is 0 Å². The minimum absolute atomic E-state index is 0.807. The van der Waals surface area contributed by atoms with E-state index in [9.17, 15) is 0 Å². The Morgan fingerprint density at radius 1 is 1.46 bits per heavy atom. The Morgan fingerprint density at radius 2 is 2.15 bits per heavy atom. The highest BCUT2D eigenvalue weighted by Crippen LogP contribution is 2.24. The second kappa shape index (κ2) is 4.87. The zero-order chi connectivity index (χ0) is 9.84. The van der Waals surface area contributed by atoms with Gasteiger partial charge in [0.2, 0.25) is 0 Å². The van der Waals surface area contributed by atoms with Gasteiger partial charge in [0, 0.05) is 29.6 Å². The molecule has 0 bridgehead atoms. The molecular formula is C10H13BrClN. The third-order valence-electron chi connectivity index (χ3n) is 2.10. The maximum absolute atomic E-state index is 6.07. The van der Waals surface area contributed by atoms with E-state index >= 15 is 0 Å². The van der Waals surface area contributed by atoms with Gasteiger partial charge >= 0.3 is 0 Å². The molecule has 0 aliphatic carbocycles. The highest BCUT2D eigenvalue weighted by atomic mass is 79.9. The van der Waals surface area contributed by atoms with Crippen LogP contribution in [0, 0.1) is 0 Å². The Morgan fingerprint density at radius 3 is 2.62 bits per heavy atom. The smallest absolute Gasteiger partial charge is 0.0467 e. The molecule has 72 valence electrons. The average Bonchev–Trinajstić information content (AvgIpc) is 2.16. The molecule has 0 aliphatic heterocycles. The summed E-state index contributed by atoms with van der Waals surface area (Å²) in [7, 11) is 2.06. The van der Waals surface area contributed by atoms with Crippen LogP contribution in [0.1, 0.15) is 12.5 Å². The molecule has 0 unspecified atom stereocenters. The summed E-state index contributed by atoms with van der Waals surface area (Å²) in [6.07, 6.45) is 0. The third-order valence-corrected chi connectivity index (χ3v) is 3.05. The first-order chi connectivity index (χ1) is 6.19. The Balaban J connectivity index is 2.95. The molecule has 0 aliphatic rings. The Bertz CT molecular complexity index is 288. The lowest BCUT2D eigenvalue weighted by Crippen LogP contribution is -2.15. The fraction of sp³-hybridized carbons (Fsp3) is 0.400. The summed E-state index contributed by atoms with van der Waals surface area (Å²) in [5.74, 6) is 0. The van der Waals surface area contributed by atoms with Crippen LogP contribution in [0.5, 0.6) is 0 Å². The van der Waals surface area contributed by atoms with Gasteiger partial charge in [0.1, 0.15) is 0 Å². The van der Waals surface area contributed by atoms with Gasteiger partial charge in [-0.05, 0) is 24.6 Å². The van der Waals surface area contributed by atoms with Crippen molar-refractivity contribution in [2.75, 3.05) is 18.5 Å². The van der Waals surface area contributed by atoms with E-state index in [1.54, 1.807) is 0 Å². The zero-order valence-corrected chi connectivity index (χ0v) is 10.2. The maximum Gasteiger partial charge on any atom is 0.0467 e. The summed E-state index contributed by atoms with van der Waals surface area (Å²) in [6.45, 7) is 3.11. The standard InChI is InChI=1S/C10H13BrClN/c1-3-13(2)9-5-4-8(7-11)10(12)6-9/h4-6H,3,7H2,1-2H3. The van der Waals surface area contributed by atoms with E-state index in [-0.39, 0.29) is 0 Å². The first-order valence-corrected chi connectivity index (χ1v) is 5.74. The van der Waals surface area contributed by atoms with Crippen LogP contribution >= 0.6 is 27.5 Å². The lowest BCUT2D eigenvalue weighted by Gasteiger charge is -2.17. The summed E-state index contributed by atoms with van der Waals surface area (Å²) in [5, 5.41) is 1.64. The second-order valence-electron chi connectivity index (χ2n) is 2.92. The summed E-state index contributed by atoms with van der Waals surface area (Å²) in [4.78, 5) is 2.16. The van der Waals surface area contributed by atoms with Gasteiger partial charge < -0.3 is 4.90 Å². The van der Waals surface area contributed by atoms with E-state index in [1.807, 2.05) is 6.07 Å². The molecular weight excluding hydrogens is 249 g/mol. The van der Waals surface area contributed by atoms with Crippen LogP contribution in [-0.2, 0) is 5.33 Å². The molecule has 0 aromatic heterocycles. The van der Waals surface area contributed by atoms with Crippen LogP contribution in [0.2, 0.25) is 5.02 Å². The molecule has 0 heterocycles. The summed E-state index contributed by atoms with van der Waals surface area (Å²) >= 11 is 9.46. The number of anilines is 1. The van der Waals surface area contributed by atoms with Gasteiger partial charge in [-0.1, -0.05) is 33.6 Å². The SMILES string of the molecule is CCN(C)c1ccc(CBr)c(Cl)c1. The molecule has 3 heteroatoms. The molecule has 1 nitrogen and oxygen atoms in total. The summed E-state index contributed by atoms with van der Waals surface area (Å²) < 4.78 is 0. The van der Waals surface area contributed by atoms with Crippen molar-refractivity contribution >= 4 is 33.2 Å². The van der Waals surface area contributed by atoms with Crippen molar-refractivity contribution in [3.05, 3.63) is 28.8 Å². The molecule has 0 atom stereocenters. The summed E-state index contributed by atoms with van der Waals surface area (Å²) in [5.41, 5.74) is 2.30. The minimum Gasteiger partial charge on any atom is -0.375 e. The molecule has 13 heavy (non-hydrogen) atoms. The van der Waals surface area contributed by atoms with Crippen molar-refractivity contribution in [1.82, 2.24) is 0 Å². The highest BCUT2D eigenvalue weighted by molar-refractivity contribution is 9.08. The van der Waals surface area contributed by atoms with Crippen LogP contribution in [0.4, 0.5) is 5.69 Å². The fourth-order valence-electron chi connectivity index (χ4n) is 1.06. The molecule has 0 amide bonds. The molecule has 0 saturated heterocycles. The lowest BCUT2D eigenvalue weighted by molar-refractivity contribution is 0.968. The van der Waals surface area contributed by atoms with E-state index in [0.29, 0.717) is 0 Å². The largest absolute Gasteiger partial charge is 0.375 e. The predicted molar refractivity (Wildman–Crippen MR) is 63.0 cm³/mol. The van der Waals surface area contributed by atoms with Gasteiger partial charge in [-0.15, -0.1) is 0 Å². The number of benzene rings is 1. The lowest BCUT2D eigenvalue weighted by atomic mass is 10.2. The minimum atomic E-state index is 0.807. The first-order valence-electron chi connectivity index (χ1n) is 4.24.